The van der Waals surface area contributed by atoms with E-state index in [1.165, 1.54) is 0 Å². The molecule has 0 spiro atoms. The van der Waals surface area contributed by atoms with Crippen LogP contribution in [-0.4, -0.2) is 38.5 Å². The van der Waals surface area contributed by atoms with Crippen molar-refractivity contribution < 1.29 is 4.74 Å². The van der Waals surface area contributed by atoms with Gasteiger partial charge in [0.2, 0.25) is 5.95 Å². The molecule has 8 heteroatoms. The van der Waals surface area contributed by atoms with Crippen molar-refractivity contribution in [3.63, 3.8) is 0 Å². The summed E-state index contributed by atoms with van der Waals surface area (Å²) in [6.07, 6.45) is 5.93. The minimum absolute atomic E-state index is 0.384. The Morgan fingerprint density at radius 1 is 1.11 bits per heavy atom. The van der Waals surface area contributed by atoms with E-state index in [0.29, 0.717) is 17.7 Å². The molecule has 2 N–H and O–H groups in total. The number of piperidine rings is 1. The lowest BCUT2D eigenvalue weighted by molar-refractivity contribution is 0.473. The van der Waals surface area contributed by atoms with E-state index in [2.05, 4.69) is 20.0 Å². The fraction of sp³-hybridized carbons (Fsp3) is 0.250. The van der Waals surface area contributed by atoms with Gasteiger partial charge in [-0.05, 0) is 38.1 Å². The highest BCUT2D eigenvalue weighted by atomic mass is 32.1. The van der Waals surface area contributed by atoms with Gasteiger partial charge in [0, 0.05) is 23.2 Å². The van der Waals surface area contributed by atoms with Crippen molar-refractivity contribution in [2.45, 2.75) is 18.9 Å². The van der Waals surface area contributed by atoms with Crippen molar-refractivity contribution >= 4 is 22.2 Å². The zero-order valence-corrected chi connectivity index (χ0v) is 15.9. The van der Waals surface area contributed by atoms with Crippen LogP contribution in [0.2, 0.25) is 0 Å². The lowest BCUT2D eigenvalue weighted by Gasteiger charge is -2.23. The molecular weight excluding hydrogens is 372 g/mol. The second kappa shape index (κ2) is 6.29. The van der Waals surface area contributed by atoms with Gasteiger partial charge >= 0.3 is 0 Å². The normalized spacial score (nSPS) is 16.0. The summed E-state index contributed by atoms with van der Waals surface area (Å²) < 4.78 is 8.29. The number of imidazole rings is 1. The molecule has 1 aromatic carbocycles. The maximum atomic E-state index is 6.20. The second-order valence-electron chi connectivity index (χ2n) is 7.04. The molecule has 1 saturated heterocycles. The lowest BCUT2D eigenvalue weighted by atomic mass is 10.1. The van der Waals surface area contributed by atoms with Crippen LogP contribution in [0.25, 0.3) is 27.6 Å². The van der Waals surface area contributed by atoms with Crippen molar-refractivity contribution in [2.75, 3.05) is 18.4 Å². The Hall–Kier alpha value is -2.97. The molecular formula is C20H18N6OS. The van der Waals surface area contributed by atoms with Gasteiger partial charge in [-0.15, -0.1) is 11.3 Å². The molecule has 0 amide bonds. The molecule has 0 radical (unpaired) electrons. The number of nitrogens with one attached hydrogen (secondary N) is 2. The Morgan fingerprint density at radius 3 is 2.93 bits per heavy atom. The van der Waals surface area contributed by atoms with Crippen LogP contribution < -0.4 is 15.4 Å². The zero-order chi connectivity index (χ0) is 18.5. The number of benzene rings is 1. The Labute approximate surface area is 165 Å². The highest BCUT2D eigenvalue weighted by Gasteiger charge is 2.28. The first-order chi connectivity index (χ1) is 13.9. The quantitative estimate of drug-likeness (QED) is 0.478. The van der Waals surface area contributed by atoms with Crippen molar-refractivity contribution in [1.82, 2.24) is 24.7 Å². The molecule has 0 saturated carbocycles. The van der Waals surface area contributed by atoms with Gasteiger partial charge in [-0.2, -0.15) is 0 Å². The number of nitrogens with zero attached hydrogens (tertiary/aromatic N) is 4. The van der Waals surface area contributed by atoms with Crippen molar-refractivity contribution in [3.8, 4) is 34.1 Å². The van der Waals surface area contributed by atoms with Crippen molar-refractivity contribution in [2.24, 2.45) is 0 Å². The number of rotatable bonds is 2. The van der Waals surface area contributed by atoms with Crippen LogP contribution >= 0.6 is 11.3 Å². The lowest BCUT2D eigenvalue weighted by Crippen LogP contribution is -2.35. The minimum atomic E-state index is 0.384. The molecule has 2 aliphatic heterocycles. The summed E-state index contributed by atoms with van der Waals surface area (Å²) in [7, 11) is 0. The predicted octanol–water partition coefficient (Wildman–Crippen LogP) is 3.79. The molecule has 28 heavy (non-hydrogen) atoms. The van der Waals surface area contributed by atoms with Crippen LogP contribution in [-0.2, 0) is 0 Å². The van der Waals surface area contributed by atoms with Crippen LogP contribution in [0, 0.1) is 0 Å². The van der Waals surface area contributed by atoms with Gasteiger partial charge in [0.05, 0.1) is 6.20 Å². The minimum Gasteiger partial charge on any atom is -0.453 e. The first-order valence-corrected chi connectivity index (χ1v) is 10.3. The Morgan fingerprint density at radius 2 is 2.00 bits per heavy atom. The SMILES string of the molecule is c1ccc2c(c1)Oc1cnc(NC3CCNCC3)nc1-c1c-2nc2sccn12. The molecule has 0 unspecified atom stereocenters. The molecule has 0 aliphatic carbocycles. The Balaban J connectivity index is 1.53. The molecule has 0 atom stereocenters. The monoisotopic (exact) mass is 390 g/mol. The predicted molar refractivity (Wildman–Crippen MR) is 109 cm³/mol. The molecule has 5 heterocycles. The third-order valence-electron chi connectivity index (χ3n) is 5.28. The van der Waals surface area contributed by atoms with Gasteiger partial charge in [0.25, 0.3) is 0 Å². The third-order valence-corrected chi connectivity index (χ3v) is 6.03. The third kappa shape index (κ3) is 2.49. The highest BCUT2D eigenvalue weighted by molar-refractivity contribution is 7.15. The first kappa shape index (κ1) is 16.0. The summed E-state index contributed by atoms with van der Waals surface area (Å²) in [5, 5.41) is 8.91. The number of ether oxygens (including phenoxy) is 1. The van der Waals surface area contributed by atoms with E-state index in [9.17, 15) is 0 Å². The average Bonchev–Trinajstić information content (AvgIpc) is 3.28. The number of hydrogen-bond donors (Lipinski definition) is 2. The number of para-hydroxylation sites is 1. The van der Waals surface area contributed by atoms with Gasteiger partial charge in [-0.1, -0.05) is 12.1 Å². The Kier molecular flexibility index (Phi) is 3.60. The van der Waals surface area contributed by atoms with Crippen LogP contribution in [0.5, 0.6) is 11.5 Å². The summed E-state index contributed by atoms with van der Waals surface area (Å²) in [4.78, 5) is 15.2. The maximum absolute atomic E-state index is 6.20. The fourth-order valence-corrected chi connectivity index (χ4v) is 4.62. The van der Waals surface area contributed by atoms with Crippen LogP contribution in [0.4, 0.5) is 5.95 Å². The molecule has 6 rings (SSSR count). The van der Waals surface area contributed by atoms with Crippen LogP contribution in [0.1, 0.15) is 12.8 Å². The smallest absolute Gasteiger partial charge is 0.223 e. The van der Waals surface area contributed by atoms with E-state index in [0.717, 1.165) is 59.3 Å². The molecule has 0 bridgehead atoms. The largest absolute Gasteiger partial charge is 0.453 e. The van der Waals surface area contributed by atoms with Crippen LogP contribution in [0.3, 0.4) is 0 Å². The summed E-state index contributed by atoms with van der Waals surface area (Å²) in [5.41, 5.74) is 3.59. The van der Waals surface area contributed by atoms with E-state index in [-0.39, 0.29) is 0 Å². The van der Waals surface area contributed by atoms with Crippen molar-refractivity contribution in [3.05, 3.63) is 42.0 Å². The number of hydrogen-bond acceptors (Lipinski definition) is 7. The summed E-state index contributed by atoms with van der Waals surface area (Å²) in [6.45, 7) is 2.03. The van der Waals surface area contributed by atoms with E-state index < -0.39 is 0 Å². The molecule has 140 valence electrons. The van der Waals surface area contributed by atoms with E-state index >= 15 is 0 Å². The van der Waals surface area contributed by atoms with Gasteiger partial charge in [0.1, 0.15) is 22.8 Å². The van der Waals surface area contributed by atoms with Crippen LogP contribution in [0.15, 0.2) is 42.0 Å². The Bertz CT molecular complexity index is 1180. The number of aromatic nitrogens is 4. The number of anilines is 1. The topological polar surface area (TPSA) is 76.4 Å². The summed E-state index contributed by atoms with van der Waals surface area (Å²) >= 11 is 1.61. The van der Waals surface area contributed by atoms with E-state index in [1.807, 2.05) is 35.8 Å². The fourth-order valence-electron chi connectivity index (χ4n) is 3.90. The molecule has 3 aromatic heterocycles. The molecule has 7 nitrogen and oxygen atoms in total. The van der Waals surface area contributed by atoms with E-state index in [4.69, 9.17) is 14.7 Å². The van der Waals surface area contributed by atoms with Gasteiger partial charge < -0.3 is 15.4 Å². The standard InChI is InChI=1S/C20H18N6OS/c1-2-4-14-13(3-1)16-18(26-9-10-28-20(26)25-16)17-15(27-14)11-22-19(24-17)23-12-5-7-21-8-6-12/h1-4,9-12,21H,5-8H2,(H,22,23,24). The maximum Gasteiger partial charge on any atom is 0.223 e. The molecule has 2 aliphatic rings. The number of fused-ring (bicyclic) bond motifs is 7. The van der Waals surface area contributed by atoms with Gasteiger partial charge in [0.15, 0.2) is 10.7 Å². The zero-order valence-electron chi connectivity index (χ0n) is 15.1. The summed E-state index contributed by atoms with van der Waals surface area (Å²) in [6, 6.07) is 8.36. The molecule has 4 aromatic rings. The summed E-state index contributed by atoms with van der Waals surface area (Å²) in [5.74, 6) is 2.06. The van der Waals surface area contributed by atoms with Crippen molar-refractivity contribution in [1.29, 1.82) is 0 Å². The van der Waals surface area contributed by atoms with Gasteiger partial charge in [-0.25, -0.2) is 15.0 Å². The average molecular weight is 390 g/mol. The highest BCUT2D eigenvalue weighted by Crippen LogP contribution is 2.46. The first-order valence-electron chi connectivity index (χ1n) is 9.44. The number of thiazole rings is 1. The second-order valence-corrected chi connectivity index (χ2v) is 7.91. The van der Waals surface area contributed by atoms with Gasteiger partial charge in [-0.3, -0.25) is 4.40 Å². The molecule has 1 fully saturated rings. The van der Waals surface area contributed by atoms with E-state index in [1.54, 1.807) is 17.5 Å².